The molecule has 0 aliphatic heterocycles. The van der Waals surface area contributed by atoms with Crippen molar-refractivity contribution < 1.29 is 4.39 Å². The first-order chi connectivity index (χ1) is 9.77. The van der Waals surface area contributed by atoms with Gasteiger partial charge in [-0.3, -0.25) is 0 Å². The maximum absolute atomic E-state index is 13.2. The number of halogens is 3. The lowest BCUT2D eigenvalue weighted by atomic mass is 9.70. The number of benzene rings is 1. The maximum Gasteiger partial charge on any atom is 0.126 e. The van der Waals surface area contributed by atoms with Gasteiger partial charge in [0.05, 0.1) is 15.7 Å². The molecule has 0 atom stereocenters. The highest BCUT2D eigenvalue weighted by Gasteiger charge is 2.29. The molecule has 0 unspecified atom stereocenters. The van der Waals surface area contributed by atoms with Crippen molar-refractivity contribution in [3.05, 3.63) is 28.0 Å². The van der Waals surface area contributed by atoms with E-state index in [4.69, 9.17) is 23.2 Å². The van der Waals surface area contributed by atoms with Crippen LogP contribution < -0.4 is 5.32 Å². The summed E-state index contributed by atoms with van der Waals surface area (Å²) in [5.41, 5.74) is 1.06. The molecule has 1 nitrogen and oxygen atoms in total. The van der Waals surface area contributed by atoms with Crippen LogP contribution in [0.3, 0.4) is 0 Å². The van der Waals surface area contributed by atoms with Gasteiger partial charge in [0, 0.05) is 6.54 Å². The molecule has 0 aromatic heterocycles. The van der Waals surface area contributed by atoms with Crippen molar-refractivity contribution in [2.45, 2.75) is 46.5 Å². The number of nitrogens with one attached hydrogen (secondary N) is 1. The van der Waals surface area contributed by atoms with Crippen LogP contribution in [0.25, 0.3) is 0 Å². The molecule has 118 valence electrons. The number of anilines is 1. The molecule has 4 heteroatoms. The second-order valence-electron chi connectivity index (χ2n) is 7.21. The van der Waals surface area contributed by atoms with Crippen molar-refractivity contribution in [1.82, 2.24) is 0 Å². The van der Waals surface area contributed by atoms with E-state index >= 15 is 0 Å². The first-order valence-electron chi connectivity index (χ1n) is 7.66. The van der Waals surface area contributed by atoms with Gasteiger partial charge in [-0.1, -0.05) is 44.0 Å². The third-order valence-electron chi connectivity index (χ3n) is 4.65. The zero-order valence-corrected chi connectivity index (χ0v) is 14.5. The number of hydrogen-bond donors (Lipinski definition) is 1. The SMILES string of the molecule is CC(C)(C)C1CCC(CNc2c(Cl)cc(F)cc2Cl)CC1. The lowest BCUT2D eigenvalue weighted by Gasteiger charge is -2.37. The van der Waals surface area contributed by atoms with Gasteiger partial charge in [0.25, 0.3) is 0 Å². The van der Waals surface area contributed by atoms with Crippen molar-refractivity contribution in [1.29, 1.82) is 0 Å². The Hall–Kier alpha value is -0.470. The molecule has 0 spiro atoms. The average molecular weight is 332 g/mol. The largest absolute Gasteiger partial charge is 0.382 e. The first kappa shape index (κ1) is 16.9. The summed E-state index contributed by atoms with van der Waals surface area (Å²) in [6, 6.07) is 2.60. The van der Waals surface area contributed by atoms with Crippen LogP contribution in [0.4, 0.5) is 10.1 Å². The molecule has 1 aliphatic carbocycles. The van der Waals surface area contributed by atoms with Gasteiger partial charge < -0.3 is 5.32 Å². The first-order valence-corrected chi connectivity index (χ1v) is 8.41. The van der Waals surface area contributed by atoms with E-state index in [9.17, 15) is 4.39 Å². The molecule has 0 saturated heterocycles. The second-order valence-corrected chi connectivity index (χ2v) is 8.02. The summed E-state index contributed by atoms with van der Waals surface area (Å²) in [4.78, 5) is 0. The zero-order valence-electron chi connectivity index (χ0n) is 13.0. The third-order valence-corrected chi connectivity index (χ3v) is 5.24. The van der Waals surface area contributed by atoms with Gasteiger partial charge >= 0.3 is 0 Å². The smallest absolute Gasteiger partial charge is 0.126 e. The van der Waals surface area contributed by atoms with Crippen molar-refractivity contribution in [3.63, 3.8) is 0 Å². The summed E-state index contributed by atoms with van der Waals surface area (Å²) in [5, 5.41) is 4.00. The monoisotopic (exact) mass is 331 g/mol. The molecule has 1 aliphatic rings. The number of hydrogen-bond acceptors (Lipinski definition) is 1. The van der Waals surface area contributed by atoms with E-state index in [1.165, 1.54) is 37.8 Å². The van der Waals surface area contributed by atoms with E-state index in [2.05, 4.69) is 26.1 Å². The highest BCUT2D eigenvalue weighted by Crippen LogP contribution is 2.40. The topological polar surface area (TPSA) is 12.0 Å². The highest BCUT2D eigenvalue weighted by molar-refractivity contribution is 6.39. The summed E-state index contributed by atoms with van der Waals surface area (Å²) in [7, 11) is 0. The molecule has 21 heavy (non-hydrogen) atoms. The van der Waals surface area contributed by atoms with Crippen molar-refractivity contribution in [3.8, 4) is 0 Å². The van der Waals surface area contributed by atoms with E-state index in [1.807, 2.05) is 0 Å². The Labute approximate surface area is 137 Å². The summed E-state index contributed by atoms with van der Waals surface area (Å²) in [5.74, 6) is 1.05. The average Bonchev–Trinajstić information content (AvgIpc) is 2.37. The van der Waals surface area contributed by atoms with Crippen LogP contribution in [0.1, 0.15) is 46.5 Å². The van der Waals surface area contributed by atoms with Crippen LogP contribution in [-0.4, -0.2) is 6.54 Å². The molecular weight excluding hydrogens is 308 g/mol. The Kier molecular flexibility index (Phi) is 5.43. The van der Waals surface area contributed by atoms with Gasteiger partial charge in [-0.15, -0.1) is 0 Å². The Morgan fingerprint density at radius 2 is 1.62 bits per heavy atom. The van der Waals surface area contributed by atoms with Crippen LogP contribution in [0.15, 0.2) is 12.1 Å². The molecule has 0 amide bonds. The lowest BCUT2D eigenvalue weighted by Crippen LogP contribution is -2.28. The van der Waals surface area contributed by atoms with E-state index < -0.39 is 5.82 Å². The van der Waals surface area contributed by atoms with Gasteiger partial charge in [0.2, 0.25) is 0 Å². The summed E-state index contributed by atoms with van der Waals surface area (Å²) < 4.78 is 13.2. The van der Waals surface area contributed by atoms with Crippen LogP contribution in [0, 0.1) is 23.1 Å². The fourth-order valence-corrected chi connectivity index (χ4v) is 3.78. The van der Waals surface area contributed by atoms with E-state index in [1.54, 1.807) is 0 Å². The zero-order chi connectivity index (χ0) is 15.6. The van der Waals surface area contributed by atoms with Gasteiger partial charge in [0.1, 0.15) is 5.82 Å². The molecule has 1 aromatic carbocycles. The standard InChI is InChI=1S/C17H24Cl2FN/c1-17(2,3)12-6-4-11(5-7-12)10-21-16-14(18)8-13(20)9-15(16)19/h8-9,11-12,21H,4-7,10H2,1-3H3. The van der Waals surface area contributed by atoms with Crippen LogP contribution in [-0.2, 0) is 0 Å². The fourth-order valence-electron chi connectivity index (χ4n) is 3.19. The molecule has 0 radical (unpaired) electrons. The predicted octanol–water partition coefficient (Wildman–Crippen LogP) is 6.40. The molecule has 1 fully saturated rings. The lowest BCUT2D eigenvalue weighted by molar-refractivity contribution is 0.153. The Bertz CT molecular complexity index is 465. The van der Waals surface area contributed by atoms with Crippen LogP contribution in [0.5, 0.6) is 0 Å². The number of rotatable bonds is 3. The van der Waals surface area contributed by atoms with Gasteiger partial charge in [-0.05, 0) is 55.1 Å². The second kappa shape index (κ2) is 6.75. The van der Waals surface area contributed by atoms with Gasteiger partial charge in [-0.2, -0.15) is 0 Å². The molecular formula is C17H24Cl2FN. The molecule has 2 rings (SSSR count). The highest BCUT2D eigenvalue weighted by atomic mass is 35.5. The van der Waals surface area contributed by atoms with Crippen LogP contribution >= 0.6 is 23.2 Å². The Morgan fingerprint density at radius 1 is 1.10 bits per heavy atom. The summed E-state index contributed by atoms with van der Waals surface area (Å²) >= 11 is 12.1. The molecule has 1 saturated carbocycles. The normalized spacial score (nSPS) is 23.1. The minimum atomic E-state index is -0.402. The molecule has 0 heterocycles. The molecule has 1 N–H and O–H groups in total. The fraction of sp³-hybridized carbons (Fsp3) is 0.647. The van der Waals surface area contributed by atoms with Crippen molar-refractivity contribution in [2.75, 3.05) is 11.9 Å². The minimum Gasteiger partial charge on any atom is -0.382 e. The van der Waals surface area contributed by atoms with Crippen molar-refractivity contribution in [2.24, 2.45) is 17.3 Å². The van der Waals surface area contributed by atoms with E-state index in [-0.39, 0.29) is 0 Å². The molecule has 0 bridgehead atoms. The van der Waals surface area contributed by atoms with E-state index in [0.717, 1.165) is 12.5 Å². The van der Waals surface area contributed by atoms with Gasteiger partial charge in [0.15, 0.2) is 0 Å². The van der Waals surface area contributed by atoms with Gasteiger partial charge in [-0.25, -0.2) is 4.39 Å². The summed E-state index contributed by atoms with van der Waals surface area (Å²) in [6.07, 6.45) is 5.01. The van der Waals surface area contributed by atoms with Crippen LogP contribution in [0.2, 0.25) is 10.0 Å². The Balaban J connectivity index is 1.88. The predicted molar refractivity (Wildman–Crippen MR) is 89.8 cm³/mol. The third kappa shape index (κ3) is 4.50. The summed E-state index contributed by atoms with van der Waals surface area (Å²) in [6.45, 7) is 7.83. The Morgan fingerprint density at radius 3 is 2.10 bits per heavy atom. The van der Waals surface area contributed by atoms with E-state index in [0.29, 0.717) is 27.1 Å². The van der Waals surface area contributed by atoms with Crippen molar-refractivity contribution >= 4 is 28.9 Å². The molecule has 1 aromatic rings. The maximum atomic E-state index is 13.2. The minimum absolute atomic E-state index is 0.350. The quantitative estimate of drug-likeness (QED) is 0.675.